The Kier molecular flexibility index (Phi) is 6.38. The molecule has 0 aliphatic rings. The maximum Gasteiger partial charge on any atom is 0.0623 e. The molecular weight excluding hydrogens is 174 g/mol. The first-order chi connectivity index (χ1) is 6.46. The Morgan fingerprint density at radius 3 is 2.07 bits per heavy atom. The Hall–Kier alpha value is -0.0800. The SMILES string of the molecule is CCC(CC)C(N)CCC(C)(C)OC. The second-order valence-corrected chi connectivity index (χ2v) is 4.74. The average molecular weight is 201 g/mol. The lowest BCUT2D eigenvalue weighted by atomic mass is 9.88. The molecule has 2 heteroatoms. The minimum absolute atomic E-state index is 0.0242. The highest BCUT2D eigenvalue weighted by Crippen LogP contribution is 2.21. The molecule has 1 unspecified atom stereocenters. The van der Waals surface area contributed by atoms with Crippen molar-refractivity contribution in [1.82, 2.24) is 0 Å². The van der Waals surface area contributed by atoms with Gasteiger partial charge in [-0.2, -0.15) is 0 Å². The Bertz CT molecular complexity index is 141. The topological polar surface area (TPSA) is 35.2 Å². The maximum absolute atomic E-state index is 6.15. The minimum Gasteiger partial charge on any atom is -0.379 e. The maximum atomic E-state index is 6.15. The molecule has 0 bridgehead atoms. The van der Waals surface area contributed by atoms with Crippen LogP contribution in [0, 0.1) is 5.92 Å². The van der Waals surface area contributed by atoms with Crippen LogP contribution in [-0.4, -0.2) is 18.8 Å². The quantitative estimate of drug-likeness (QED) is 0.687. The van der Waals surface area contributed by atoms with Crippen molar-refractivity contribution in [1.29, 1.82) is 0 Å². The van der Waals surface area contributed by atoms with Gasteiger partial charge in [0.1, 0.15) is 0 Å². The molecule has 2 nitrogen and oxygen atoms in total. The van der Waals surface area contributed by atoms with Gasteiger partial charge in [-0.15, -0.1) is 0 Å². The summed E-state index contributed by atoms with van der Waals surface area (Å²) in [6.45, 7) is 8.67. The van der Waals surface area contributed by atoms with Gasteiger partial charge in [-0.1, -0.05) is 26.7 Å². The van der Waals surface area contributed by atoms with Crippen LogP contribution in [0.5, 0.6) is 0 Å². The van der Waals surface area contributed by atoms with E-state index in [0.717, 1.165) is 12.8 Å². The molecular formula is C12H27NO. The van der Waals surface area contributed by atoms with Crippen LogP contribution >= 0.6 is 0 Å². The molecule has 1 atom stereocenters. The molecule has 0 aromatic carbocycles. The normalized spacial score (nSPS) is 14.8. The van der Waals surface area contributed by atoms with E-state index in [9.17, 15) is 0 Å². The van der Waals surface area contributed by atoms with E-state index in [1.807, 2.05) is 0 Å². The smallest absolute Gasteiger partial charge is 0.0623 e. The van der Waals surface area contributed by atoms with Gasteiger partial charge in [0.25, 0.3) is 0 Å². The molecule has 86 valence electrons. The Balaban J connectivity index is 3.88. The van der Waals surface area contributed by atoms with Gasteiger partial charge < -0.3 is 10.5 Å². The monoisotopic (exact) mass is 201 g/mol. The molecule has 0 rings (SSSR count). The van der Waals surface area contributed by atoms with Crippen LogP contribution in [0.2, 0.25) is 0 Å². The number of nitrogens with two attached hydrogens (primary N) is 1. The third-order valence-corrected chi connectivity index (χ3v) is 3.29. The van der Waals surface area contributed by atoms with Gasteiger partial charge in [0.05, 0.1) is 5.60 Å². The van der Waals surface area contributed by atoms with Crippen LogP contribution < -0.4 is 5.73 Å². The van der Waals surface area contributed by atoms with Crippen molar-refractivity contribution in [3.8, 4) is 0 Å². The van der Waals surface area contributed by atoms with Crippen molar-refractivity contribution >= 4 is 0 Å². The first kappa shape index (κ1) is 13.9. The van der Waals surface area contributed by atoms with E-state index in [-0.39, 0.29) is 5.60 Å². The Morgan fingerprint density at radius 1 is 1.21 bits per heavy atom. The lowest BCUT2D eigenvalue weighted by molar-refractivity contribution is 0.0112. The van der Waals surface area contributed by atoms with Crippen molar-refractivity contribution in [2.75, 3.05) is 7.11 Å². The first-order valence-electron chi connectivity index (χ1n) is 5.77. The summed E-state index contributed by atoms with van der Waals surface area (Å²) < 4.78 is 5.38. The van der Waals surface area contributed by atoms with Crippen LogP contribution in [0.15, 0.2) is 0 Å². The summed E-state index contributed by atoms with van der Waals surface area (Å²) >= 11 is 0. The van der Waals surface area contributed by atoms with Crippen LogP contribution in [0.3, 0.4) is 0 Å². The second-order valence-electron chi connectivity index (χ2n) is 4.74. The summed E-state index contributed by atoms with van der Waals surface area (Å²) in [5.41, 5.74) is 6.12. The summed E-state index contributed by atoms with van der Waals surface area (Å²) in [7, 11) is 1.77. The fourth-order valence-corrected chi connectivity index (χ4v) is 1.75. The molecule has 0 amide bonds. The average Bonchev–Trinajstić information content (AvgIpc) is 2.17. The van der Waals surface area contributed by atoms with Crippen molar-refractivity contribution < 1.29 is 4.74 Å². The summed E-state index contributed by atoms with van der Waals surface area (Å²) in [4.78, 5) is 0. The molecule has 0 radical (unpaired) electrons. The van der Waals surface area contributed by atoms with Crippen molar-refractivity contribution in [2.45, 2.75) is 65.0 Å². The van der Waals surface area contributed by atoms with Crippen LogP contribution in [0.1, 0.15) is 53.4 Å². The highest BCUT2D eigenvalue weighted by Gasteiger charge is 2.20. The van der Waals surface area contributed by atoms with Crippen molar-refractivity contribution in [3.63, 3.8) is 0 Å². The van der Waals surface area contributed by atoms with Gasteiger partial charge in [-0.3, -0.25) is 0 Å². The summed E-state index contributed by atoms with van der Waals surface area (Å²) in [6.07, 6.45) is 4.48. The molecule has 0 spiro atoms. The predicted octanol–water partition coefficient (Wildman–Crippen LogP) is 2.96. The van der Waals surface area contributed by atoms with E-state index in [1.165, 1.54) is 12.8 Å². The zero-order valence-corrected chi connectivity index (χ0v) is 10.5. The molecule has 0 aliphatic carbocycles. The summed E-state index contributed by atoms with van der Waals surface area (Å²) in [6, 6.07) is 0.333. The molecule has 0 aliphatic heterocycles. The molecule has 0 saturated carbocycles. The lowest BCUT2D eigenvalue weighted by Crippen LogP contribution is -2.33. The van der Waals surface area contributed by atoms with Gasteiger partial charge in [0, 0.05) is 13.2 Å². The number of methoxy groups -OCH3 is 1. The number of rotatable bonds is 7. The van der Waals surface area contributed by atoms with E-state index in [2.05, 4.69) is 27.7 Å². The number of hydrogen-bond donors (Lipinski definition) is 1. The third-order valence-electron chi connectivity index (χ3n) is 3.29. The Labute approximate surface area is 89.2 Å². The second kappa shape index (κ2) is 6.41. The fourth-order valence-electron chi connectivity index (χ4n) is 1.75. The van der Waals surface area contributed by atoms with E-state index in [0.29, 0.717) is 12.0 Å². The van der Waals surface area contributed by atoms with E-state index in [4.69, 9.17) is 10.5 Å². The van der Waals surface area contributed by atoms with Gasteiger partial charge in [0.2, 0.25) is 0 Å². The van der Waals surface area contributed by atoms with Crippen LogP contribution in [0.4, 0.5) is 0 Å². The zero-order chi connectivity index (χ0) is 11.2. The largest absolute Gasteiger partial charge is 0.379 e. The van der Waals surface area contributed by atoms with Crippen LogP contribution in [0.25, 0.3) is 0 Å². The van der Waals surface area contributed by atoms with Crippen molar-refractivity contribution in [3.05, 3.63) is 0 Å². The van der Waals surface area contributed by atoms with Crippen molar-refractivity contribution in [2.24, 2.45) is 11.7 Å². The molecule has 0 fully saturated rings. The molecule has 2 N–H and O–H groups in total. The molecule has 0 aromatic heterocycles. The lowest BCUT2D eigenvalue weighted by Gasteiger charge is -2.27. The molecule has 0 aromatic rings. The van der Waals surface area contributed by atoms with Crippen LogP contribution in [-0.2, 0) is 4.74 Å². The third kappa shape index (κ3) is 4.97. The van der Waals surface area contributed by atoms with E-state index in [1.54, 1.807) is 7.11 Å². The highest BCUT2D eigenvalue weighted by molar-refractivity contribution is 4.76. The summed E-state index contributed by atoms with van der Waals surface area (Å²) in [5.74, 6) is 0.669. The Morgan fingerprint density at radius 2 is 1.71 bits per heavy atom. The van der Waals surface area contributed by atoms with E-state index >= 15 is 0 Å². The molecule has 0 heterocycles. The predicted molar refractivity (Wildman–Crippen MR) is 62.4 cm³/mol. The fraction of sp³-hybridized carbons (Fsp3) is 1.00. The molecule has 14 heavy (non-hydrogen) atoms. The van der Waals surface area contributed by atoms with Gasteiger partial charge in [-0.25, -0.2) is 0 Å². The molecule has 0 saturated heterocycles. The summed E-state index contributed by atoms with van der Waals surface area (Å²) in [5, 5.41) is 0. The van der Waals surface area contributed by atoms with Gasteiger partial charge >= 0.3 is 0 Å². The minimum atomic E-state index is -0.0242. The zero-order valence-electron chi connectivity index (χ0n) is 10.5. The van der Waals surface area contributed by atoms with Gasteiger partial charge in [0.15, 0.2) is 0 Å². The van der Waals surface area contributed by atoms with E-state index < -0.39 is 0 Å². The standard InChI is InChI=1S/C12H27NO/c1-6-10(7-2)11(13)8-9-12(3,4)14-5/h10-11H,6-9,13H2,1-5H3. The number of hydrogen-bond acceptors (Lipinski definition) is 2. The highest BCUT2D eigenvalue weighted by atomic mass is 16.5. The van der Waals surface area contributed by atoms with Gasteiger partial charge in [-0.05, 0) is 32.6 Å². The first-order valence-corrected chi connectivity index (χ1v) is 5.77. The number of ether oxygens (including phenoxy) is 1.